The van der Waals surface area contributed by atoms with E-state index in [2.05, 4.69) is 31.7 Å². The van der Waals surface area contributed by atoms with Crippen molar-refractivity contribution in [2.24, 2.45) is 0 Å². The molecule has 2 fully saturated rings. The molecule has 1 saturated heterocycles. The van der Waals surface area contributed by atoms with Crippen molar-refractivity contribution in [3.8, 4) is 0 Å². The standard InChI is InChI=1S/C12H22IN3O/c13-15-11-6-4-10(5-7-11)14-12(17)16-8-2-1-3-9-16/h10-11,15H,1-9H2,(H,14,17)/t10-,11-. The summed E-state index contributed by atoms with van der Waals surface area (Å²) in [5, 5.41) is 3.19. The molecule has 4 nitrogen and oxygen atoms in total. The van der Waals surface area contributed by atoms with Crippen molar-refractivity contribution in [3.05, 3.63) is 0 Å². The zero-order valence-corrected chi connectivity index (χ0v) is 12.4. The van der Waals surface area contributed by atoms with E-state index in [4.69, 9.17) is 0 Å². The molecule has 0 aromatic heterocycles. The molecule has 1 heterocycles. The van der Waals surface area contributed by atoms with Crippen molar-refractivity contribution in [3.63, 3.8) is 0 Å². The summed E-state index contributed by atoms with van der Waals surface area (Å²) in [7, 11) is 0. The van der Waals surface area contributed by atoms with E-state index >= 15 is 0 Å². The molecule has 2 rings (SSSR count). The van der Waals surface area contributed by atoms with Crippen molar-refractivity contribution >= 4 is 28.9 Å². The number of amides is 2. The molecule has 2 aliphatic rings. The van der Waals surface area contributed by atoms with Gasteiger partial charge >= 0.3 is 6.03 Å². The number of hydrogen-bond donors (Lipinski definition) is 2. The number of hydrogen-bond acceptors (Lipinski definition) is 2. The smallest absolute Gasteiger partial charge is 0.317 e. The normalized spacial score (nSPS) is 30.1. The lowest BCUT2D eigenvalue weighted by molar-refractivity contribution is 0.178. The van der Waals surface area contributed by atoms with E-state index in [9.17, 15) is 4.79 Å². The largest absolute Gasteiger partial charge is 0.335 e. The summed E-state index contributed by atoms with van der Waals surface area (Å²) in [6.45, 7) is 1.88. The highest BCUT2D eigenvalue weighted by molar-refractivity contribution is 14.1. The first kappa shape index (κ1) is 13.4. The predicted molar refractivity (Wildman–Crippen MR) is 77.2 cm³/mol. The minimum Gasteiger partial charge on any atom is -0.335 e. The summed E-state index contributed by atoms with van der Waals surface area (Å²) in [6.07, 6.45) is 8.18. The van der Waals surface area contributed by atoms with Crippen molar-refractivity contribution < 1.29 is 4.79 Å². The van der Waals surface area contributed by atoms with Crippen LogP contribution in [0.3, 0.4) is 0 Å². The van der Waals surface area contributed by atoms with E-state index in [1.54, 1.807) is 0 Å². The Labute approximate surface area is 117 Å². The van der Waals surface area contributed by atoms with Gasteiger partial charge in [0.2, 0.25) is 0 Å². The molecule has 1 aliphatic carbocycles. The fourth-order valence-electron chi connectivity index (χ4n) is 2.71. The minimum atomic E-state index is 0.163. The van der Waals surface area contributed by atoms with Crippen molar-refractivity contribution in [2.45, 2.75) is 57.0 Å². The average Bonchev–Trinajstić information content (AvgIpc) is 2.40. The molecular formula is C12H22IN3O. The summed E-state index contributed by atoms with van der Waals surface area (Å²) in [4.78, 5) is 14.0. The van der Waals surface area contributed by atoms with Gasteiger partial charge in [-0.1, -0.05) is 0 Å². The van der Waals surface area contributed by atoms with Gasteiger partial charge in [0.05, 0.1) is 0 Å². The molecular weight excluding hydrogens is 329 g/mol. The zero-order valence-electron chi connectivity index (χ0n) is 10.3. The van der Waals surface area contributed by atoms with Gasteiger partial charge in [0.1, 0.15) is 0 Å². The Hall–Kier alpha value is -0.0400. The fraction of sp³-hybridized carbons (Fsp3) is 0.917. The molecule has 1 aliphatic heterocycles. The van der Waals surface area contributed by atoms with Crippen LogP contribution in [0.1, 0.15) is 44.9 Å². The van der Waals surface area contributed by atoms with Gasteiger partial charge in [0, 0.05) is 48.0 Å². The van der Waals surface area contributed by atoms with Gasteiger partial charge in [-0.2, -0.15) is 0 Å². The topological polar surface area (TPSA) is 44.4 Å². The molecule has 0 radical (unpaired) electrons. The molecule has 0 aromatic rings. The second kappa shape index (κ2) is 6.78. The van der Waals surface area contributed by atoms with Crippen LogP contribution in [0.5, 0.6) is 0 Å². The number of nitrogens with one attached hydrogen (secondary N) is 2. The Kier molecular flexibility index (Phi) is 5.34. The molecule has 1 saturated carbocycles. The first-order chi connectivity index (χ1) is 8.29. The second-order valence-corrected chi connectivity index (χ2v) is 5.78. The molecule has 0 bridgehead atoms. The van der Waals surface area contributed by atoms with E-state index in [0.29, 0.717) is 12.1 Å². The van der Waals surface area contributed by atoms with Crippen LogP contribution in [-0.4, -0.2) is 36.1 Å². The summed E-state index contributed by atoms with van der Waals surface area (Å²) >= 11 is 2.23. The SMILES string of the molecule is O=C(N[C@H]1CC[C@H](NI)CC1)N1CCCCC1. The van der Waals surface area contributed by atoms with E-state index in [0.717, 1.165) is 25.9 Å². The van der Waals surface area contributed by atoms with E-state index < -0.39 is 0 Å². The molecule has 5 heteroatoms. The number of nitrogens with zero attached hydrogens (tertiary/aromatic N) is 1. The monoisotopic (exact) mass is 351 g/mol. The predicted octanol–water partition coefficient (Wildman–Crippen LogP) is 2.43. The number of halogens is 1. The van der Waals surface area contributed by atoms with Gasteiger partial charge in [-0.25, -0.2) is 4.79 Å². The van der Waals surface area contributed by atoms with Crippen LogP contribution in [0.15, 0.2) is 0 Å². The molecule has 0 spiro atoms. The van der Waals surface area contributed by atoms with Crippen LogP contribution >= 0.6 is 22.9 Å². The first-order valence-corrected chi connectivity index (χ1v) is 7.79. The number of rotatable bonds is 2. The third-order valence-electron chi connectivity index (χ3n) is 3.85. The maximum atomic E-state index is 12.0. The van der Waals surface area contributed by atoms with Gasteiger partial charge in [0.25, 0.3) is 0 Å². The van der Waals surface area contributed by atoms with E-state index in [1.807, 2.05) is 4.90 Å². The van der Waals surface area contributed by atoms with Crippen molar-refractivity contribution in [1.82, 2.24) is 13.7 Å². The molecule has 17 heavy (non-hydrogen) atoms. The summed E-state index contributed by atoms with van der Waals surface area (Å²) < 4.78 is 3.29. The lowest BCUT2D eigenvalue weighted by Crippen LogP contribution is -2.48. The van der Waals surface area contributed by atoms with Gasteiger partial charge in [-0.15, -0.1) is 0 Å². The molecule has 0 unspecified atom stereocenters. The molecule has 0 aromatic carbocycles. The highest BCUT2D eigenvalue weighted by Crippen LogP contribution is 2.20. The number of likely N-dealkylation sites (tertiary alicyclic amines) is 1. The number of urea groups is 1. The maximum Gasteiger partial charge on any atom is 0.317 e. The van der Waals surface area contributed by atoms with E-state index in [-0.39, 0.29) is 6.03 Å². The Morgan fingerprint density at radius 2 is 1.59 bits per heavy atom. The van der Waals surface area contributed by atoms with Crippen LogP contribution in [-0.2, 0) is 0 Å². The summed E-state index contributed by atoms with van der Waals surface area (Å²) in [5.74, 6) is 0. The summed E-state index contributed by atoms with van der Waals surface area (Å²) in [6, 6.07) is 1.19. The van der Waals surface area contributed by atoms with Crippen LogP contribution in [0.25, 0.3) is 0 Å². The Morgan fingerprint density at radius 1 is 1.00 bits per heavy atom. The second-order valence-electron chi connectivity index (χ2n) is 5.15. The van der Waals surface area contributed by atoms with Gasteiger partial charge in [-0.05, 0) is 44.9 Å². The molecule has 2 amide bonds. The van der Waals surface area contributed by atoms with Crippen molar-refractivity contribution in [2.75, 3.05) is 13.1 Å². The van der Waals surface area contributed by atoms with Crippen molar-refractivity contribution in [1.29, 1.82) is 0 Å². The lowest BCUT2D eigenvalue weighted by atomic mass is 9.92. The number of piperidine rings is 1. The Balaban J connectivity index is 1.71. The minimum absolute atomic E-state index is 0.163. The fourth-order valence-corrected chi connectivity index (χ4v) is 3.33. The van der Waals surface area contributed by atoms with Gasteiger partial charge in [0.15, 0.2) is 0 Å². The van der Waals surface area contributed by atoms with Crippen LogP contribution < -0.4 is 8.85 Å². The molecule has 2 N–H and O–H groups in total. The number of carbonyl (C=O) groups excluding carboxylic acids is 1. The highest BCUT2D eigenvalue weighted by atomic mass is 127. The average molecular weight is 351 g/mol. The Morgan fingerprint density at radius 3 is 2.18 bits per heavy atom. The quantitative estimate of drug-likeness (QED) is 0.593. The highest BCUT2D eigenvalue weighted by Gasteiger charge is 2.24. The lowest BCUT2D eigenvalue weighted by Gasteiger charge is -2.32. The number of carbonyl (C=O) groups is 1. The van der Waals surface area contributed by atoms with Crippen LogP contribution in [0.4, 0.5) is 4.79 Å². The van der Waals surface area contributed by atoms with Crippen LogP contribution in [0, 0.1) is 0 Å². The third kappa shape index (κ3) is 3.98. The maximum absolute atomic E-state index is 12.0. The van der Waals surface area contributed by atoms with Crippen LogP contribution in [0.2, 0.25) is 0 Å². The Bertz CT molecular complexity index is 248. The van der Waals surface area contributed by atoms with Gasteiger partial charge < -0.3 is 10.2 Å². The molecule has 0 atom stereocenters. The first-order valence-electron chi connectivity index (χ1n) is 6.71. The van der Waals surface area contributed by atoms with Gasteiger partial charge in [-0.3, -0.25) is 3.53 Å². The zero-order chi connectivity index (χ0) is 12.1. The molecule has 98 valence electrons. The summed E-state index contributed by atoms with van der Waals surface area (Å²) in [5.41, 5.74) is 0. The van der Waals surface area contributed by atoms with E-state index in [1.165, 1.54) is 32.1 Å². The third-order valence-corrected chi connectivity index (χ3v) is 4.73.